The Labute approximate surface area is 116 Å². The fourth-order valence-corrected chi connectivity index (χ4v) is 2.47. The van der Waals surface area contributed by atoms with Gasteiger partial charge in [0.15, 0.2) is 0 Å². The largest absolute Gasteiger partial charge is 0.497 e. The van der Waals surface area contributed by atoms with Gasteiger partial charge in [0.1, 0.15) is 5.75 Å². The van der Waals surface area contributed by atoms with Crippen LogP contribution in [0, 0.1) is 0 Å². The van der Waals surface area contributed by atoms with Gasteiger partial charge in [0.2, 0.25) is 5.88 Å². The number of anilines is 1. The van der Waals surface area contributed by atoms with Crippen molar-refractivity contribution in [2.75, 3.05) is 20.0 Å². The fraction of sp³-hybridized carbons (Fsp3) is 0.214. The average molecular weight is 276 g/mol. The average Bonchev–Trinajstić information content (AvgIpc) is 2.47. The molecule has 0 saturated heterocycles. The molecule has 0 aliphatic carbocycles. The zero-order chi connectivity index (χ0) is 13.7. The highest BCUT2D eigenvalue weighted by Crippen LogP contribution is 2.30. The maximum Gasteiger partial charge on any atom is 0.214 e. The molecule has 1 aromatic heterocycles. The first kappa shape index (κ1) is 13.5. The van der Waals surface area contributed by atoms with Gasteiger partial charge in [-0.05, 0) is 17.7 Å². The molecule has 0 radical (unpaired) electrons. The standard InChI is InChI=1S/C14H16N2O2S/c1-17-11-5-3-10(4-6-11)9-19-13-7-14(18-2)16-8-12(13)15/h3-8H,9,15H2,1-2H3. The highest BCUT2D eigenvalue weighted by Gasteiger charge is 2.04. The van der Waals surface area contributed by atoms with E-state index in [2.05, 4.69) is 4.98 Å². The molecule has 4 nitrogen and oxygen atoms in total. The molecular formula is C14H16N2O2S. The van der Waals surface area contributed by atoms with Crippen molar-refractivity contribution in [3.63, 3.8) is 0 Å². The smallest absolute Gasteiger partial charge is 0.214 e. The number of thioether (sulfide) groups is 1. The van der Waals surface area contributed by atoms with Gasteiger partial charge in [-0.25, -0.2) is 4.98 Å². The number of nitrogens with zero attached hydrogens (tertiary/aromatic N) is 1. The first-order valence-corrected chi connectivity index (χ1v) is 6.76. The number of nitrogen functional groups attached to an aromatic ring is 1. The van der Waals surface area contributed by atoms with E-state index in [9.17, 15) is 0 Å². The Hall–Kier alpha value is -1.88. The number of nitrogens with two attached hydrogens (primary N) is 1. The summed E-state index contributed by atoms with van der Waals surface area (Å²) in [4.78, 5) is 5.03. The van der Waals surface area contributed by atoms with E-state index in [0.717, 1.165) is 16.4 Å². The van der Waals surface area contributed by atoms with Gasteiger partial charge >= 0.3 is 0 Å². The minimum Gasteiger partial charge on any atom is -0.497 e. The molecule has 5 heteroatoms. The normalized spacial score (nSPS) is 10.2. The summed E-state index contributed by atoms with van der Waals surface area (Å²) in [6.45, 7) is 0. The lowest BCUT2D eigenvalue weighted by molar-refractivity contribution is 0.397. The molecular weight excluding hydrogens is 260 g/mol. The van der Waals surface area contributed by atoms with Crippen LogP contribution in [0.5, 0.6) is 11.6 Å². The molecule has 2 aromatic rings. The third kappa shape index (κ3) is 3.54. The van der Waals surface area contributed by atoms with E-state index in [1.165, 1.54) is 5.56 Å². The quantitative estimate of drug-likeness (QED) is 0.851. The molecule has 2 rings (SSSR count). The number of aromatic nitrogens is 1. The molecule has 0 aliphatic rings. The number of hydrogen-bond acceptors (Lipinski definition) is 5. The number of pyridine rings is 1. The molecule has 2 N–H and O–H groups in total. The highest BCUT2D eigenvalue weighted by molar-refractivity contribution is 7.98. The van der Waals surface area contributed by atoms with E-state index in [4.69, 9.17) is 15.2 Å². The van der Waals surface area contributed by atoms with Gasteiger partial charge in [0.05, 0.1) is 26.1 Å². The second kappa shape index (κ2) is 6.33. The van der Waals surface area contributed by atoms with Crippen LogP contribution in [0.2, 0.25) is 0 Å². The number of rotatable bonds is 5. The maximum absolute atomic E-state index is 5.90. The number of hydrogen-bond donors (Lipinski definition) is 1. The van der Waals surface area contributed by atoms with E-state index < -0.39 is 0 Å². The zero-order valence-corrected chi connectivity index (χ0v) is 11.7. The first-order chi connectivity index (χ1) is 9.22. The summed E-state index contributed by atoms with van der Waals surface area (Å²) in [5.41, 5.74) is 7.77. The summed E-state index contributed by atoms with van der Waals surface area (Å²) in [5.74, 6) is 2.27. The predicted molar refractivity (Wildman–Crippen MR) is 77.8 cm³/mol. The summed E-state index contributed by atoms with van der Waals surface area (Å²) >= 11 is 1.66. The summed E-state index contributed by atoms with van der Waals surface area (Å²) in [6.07, 6.45) is 1.62. The summed E-state index contributed by atoms with van der Waals surface area (Å²) < 4.78 is 10.2. The van der Waals surface area contributed by atoms with Crippen LogP contribution < -0.4 is 15.2 Å². The second-order valence-corrected chi connectivity index (χ2v) is 4.92. The van der Waals surface area contributed by atoms with Gasteiger partial charge in [-0.1, -0.05) is 12.1 Å². The molecule has 19 heavy (non-hydrogen) atoms. The molecule has 0 saturated carbocycles. The molecule has 0 bridgehead atoms. The lowest BCUT2D eigenvalue weighted by atomic mass is 10.2. The van der Waals surface area contributed by atoms with Crippen LogP contribution in [-0.4, -0.2) is 19.2 Å². The second-order valence-electron chi connectivity index (χ2n) is 3.90. The van der Waals surface area contributed by atoms with Gasteiger partial charge in [0.25, 0.3) is 0 Å². The Morgan fingerprint density at radius 3 is 2.53 bits per heavy atom. The maximum atomic E-state index is 5.90. The topological polar surface area (TPSA) is 57.4 Å². The molecule has 0 aliphatic heterocycles. The van der Waals surface area contributed by atoms with Crippen LogP contribution in [0.3, 0.4) is 0 Å². The number of methoxy groups -OCH3 is 2. The van der Waals surface area contributed by atoms with Crippen LogP contribution >= 0.6 is 11.8 Å². The minimum atomic E-state index is 0.575. The Bertz CT molecular complexity index is 544. The van der Waals surface area contributed by atoms with Crippen molar-refractivity contribution < 1.29 is 9.47 Å². The Morgan fingerprint density at radius 2 is 1.89 bits per heavy atom. The van der Waals surface area contributed by atoms with Crippen molar-refractivity contribution >= 4 is 17.4 Å². The van der Waals surface area contributed by atoms with Crippen molar-refractivity contribution in [1.82, 2.24) is 4.98 Å². The van der Waals surface area contributed by atoms with Crippen LogP contribution in [0.4, 0.5) is 5.69 Å². The Morgan fingerprint density at radius 1 is 1.16 bits per heavy atom. The highest BCUT2D eigenvalue weighted by atomic mass is 32.2. The molecule has 0 spiro atoms. The van der Waals surface area contributed by atoms with Crippen LogP contribution in [0.25, 0.3) is 0 Å². The summed E-state index contributed by atoms with van der Waals surface area (Å²) in [5, 5.41) is 0. The number of benzene rings is 1. The van der Waals surface area contributed by atoms with Crippen molar-refractivity contribution in [1.29, 1.82) is 0 Å². The fourth-order valence-electron chi connectivity index (χ4n) is 1.55. The van der Waals surface area contributed by atoms with E-state index >= 15 is 0 Å². The van der Waals surface area contributed by atoms with Crippen molar-refractivity contribution in [3.05, 3.63) is 42.1 Å². The van der Waals surface area contributed by atoms with Crippen molar-refractivity contribution in [3.8, 4) is 11.6 Å². The van der Waals surface area contributed by atoms with E-state index in [1.807, 2.05) is 30.3 Å². The van der Waals surface area contributed by atoms with E-state index in [0.29, 0.717) is 11.6 Å². The van der Waals surface area contributed by atoms with Crippen molar-refractivity contribution in [2.45, 2.75) is 10.6 Å². The lowest BCUT2D eigenvalue weighted by Crippen LogP contribution is -1.94. The summed E-state index contributed by atoms with van der Waals surface area (Å²) in [6, 6.07) is 9.84. The van der Waals surface area contributed by atoms with Crippen LogP contribution in [-0.2, 0) is 5.75 Å². The molecule has 0 fully saturated rings. The zero-order valence-electron chi connectivity index (χ0n) is 10.9. The molecule has 1 heterocycles. The molecule has 0 amide bonds. The van der Waals surface area contributed by atoms with Crippen molar-refractivity contribution in [2.24, 2.45) is 0 Å². The van der Waals surface area contributed by atoms with Gasteiger partial charge in [-0.3, -0.25) is 0 Å². The predicted octanol–water partition coefficient (Wildman–Crippen LogP) is 2.97. The lowest BCUT2D eigenvalue weighted by Gasteiger charge is -2.07. The van der Waals surface area contributed by atoms with Crippen LogP contribution in [0.1, 0.15) is 5.56 Å². The van der Waals surface area contributed by atoms with Gasteiger partial charge in [-0.15, -0.1) is 11.8 Å². The Kier molecular flexibility index (Phi) is 4.52. The molecule has 0 atom stereocenters. The van der Waals surface area contributed by atoms with Crippen LogP contribution in [0.15, 0.2) is 41.4 Å². The third-order valence-corrected chi connectivity index (χ3v) is 3.77. The third-order valence-electron chi connectivity index (χ3n) is 2.63. The monoisotopic (exact) mass is 276 g/mol. The molecule has 1 aromatic carbocycles. The first-order valence-electron chi connectivity index (χ1n) is 5.78. The minimum absolute atomic E-state index is 0.575. The van der Waals surface area contributed by atoms with E-state index in [-0.39, 0.29) is 0 Å². The summed E-state index contributed by atoms with van der Waals surface area (Å²) in [7, 11) is 3.25. The molecule has 100 valence electrons. The van der Waals surface area contributed by atoms with Gasteiger partial charge in [0, 0.05) is 16.7 Å². The SMILES string of the molecule is COc1ccc(CSc2cc(OC)ncc2N)cc1. The Balaban J connectivity index is 2.05. The number of ether oxygens (including phenoxy) is 2. The van der Waals surface area contributed by atoms with Gasteiger partial charge in [-0.2, -0.15) is 0 Å². The van der Waals surface area contributed by atoms with E-state index in [1.54, 1.807) is 32.2 Å². The molecule has 0 unspecified atom stereocenters. The van der Waals surface area contributed by atoms with Gasteiger partial charge < -0.3 is 15.2 Å².